The molecule has 0 radical (unpaired) electrons. The Hall–Kier alpha value is -1.85. The summed E-state index contributed by atoms with van der Waals surface area (Å²) in [5.41, 5.74) is 3.17. The van der Waals surface area contributed by atoms with Crippen LogP contribution in [0.4, 0.5) is 5.69 Å². The lowest BCUT2D eigenvalue weighted by Gasteiger charge is -2.06. The maximum Gasteiger partial charge on any atom is 0.259 e. The number of carbonyl (C=O) groups excluding carboxylic acids is 1. The topological polar surface area (TPSA) is 53.5 Å². The summed E-state index contributed by atoms with van der Waals surface area (Å²) in [5.74, 6) is -0.229. The van der Waals surface area contributed by atoms with E-state index < -0.39 is 0 Å². The van der Waals surface area contributed by atoms with Crippen LogP contribution in [-0.4, -0.2) is 18.7 Å². The molecule has 0 aliphatic heterocycles. The summed E-state index contributed by atoms with van der Waals surface area (Å²) in [6.07, 6.45) is 1.61. The van der Waals surface area contributed by atoms with Crippen LogP contribution in [0.15, 0.2) is 46.9 Å². The van der Waals surface area contributed by atoms with Crippen LogP contribution in [0.2, 0.25) is 5.02 Å². The third-order valence-electron chi connectivity index (χ3n) is 2.24. The van der Waals surface area contributed by atoms with Gasteiger partial charge in [-0.15, -0.1) is 11.3 Å². The first kappa shape index (κ1) is 13.6. The Morgan fingerprint density at radius 3 is 2.89 bits per heavy atom. The molecule has 0 spiro atoms. The molecule has 19 heavy (non-hydrogen) atoms. The fourth-order valence-corrected chi connectivity index (χ4v) is 2.14. The Morgan fingerprint density at radius 1 is 1.32 bits per heavy atom. The molecule has 1 aromatic carbocycles. The normalized spacial score (nSPS) is 10.6. The Labute approximate surface area is 120 Å². The minimum atomic E-state index is -0.229. The first-order valence-electron chi connectivity index (χ1n) is 5.59. The number of thiophene rings is 1. The monoisotopic (exact) mass is 293 g/mol. The summed E-state index contributed by atoms with van der Waals surface area (Å²) in [6.45, 7) is 0.117. The smallest absolute Gasteiger partial charge is 0.259 e. The highest BCUT2D eigenvalue weighted by Gasteiger charge is 2.01. The van der Waals surface area contributed by atoms with E-state index in [1.54, 1.807) is 23.6 Å². The van der Waals surface area contributed by atoms with Crippen molar-refractivity contribution in [1.29, 1.82) is 0 Å². The average Bonchev–Trinajstić information content (AvgIpc) is 2.91. The van der Waals surface area contributed by atoms with Crippen LogP contribution in [-0.2, 0) is 4.79 Å². The number of nitrogens with one attached hydrogen (secondary N) is 2. The second kappa shape index (κ2) is 6.92. The predicted molar refractivity (Wildman–Crippen MR) is 80.0 cm³/mol. The molecule has 1 heterocycles. The molecule has 2 aromatic rings. The molecule has 1 amide bonds. The molecular formula is C13H12ClN3OS. The fourth-order valence-electron chi connectivity index (χ4n) is 1.35. The summed E-state index contributed by atoms with van der Waals surface area (Å²) >= 11 is 7.51. The van der Waals surface area contributed by atoms with Crippen molar-refractivity contribution < 1.29 is 4.79 Å². The fraction of sp³-hybridized carbons (Fsp3) is 0.0769. The van der Waals surface area contributed by atoms with E-state index in [1.807, 2.05) is 35.7 Å². The van der Waals surface area contributed by atoms with Crippen LogP contribution >= 0.6 is 22.9 Å². The first-order valence-corrected chi connectivity index (χ1v) is 6.85. The molecule has 0 unspecified atom stereocenters. The van der Waals surface area contributed by atoms with Gasteiger partial charge in [-0.1, -0.05) is 29.8 Å². The van der Waals surface area contributed by atoms with Crippen LogP contribution in [0, 0.1) is 0 Å². The van der Waals surface area contributed by atoms with Gasteiger partial charge in [0.25, 0.3) is 5.91 Å². The van der Waals surface area contributed by atoms with Gasteiger partial charge in [-0.2, -0.15) is 5.10 Å². The molecule has 0 aliphatic carbocycles. The summed E-state index contributed by atoms with van der Waals surface area (Å²) in [4.78, 5) is 12.5. The SMILES string of the molecule is O=C(CNc1ccccc1Cl)N/N=C\c1cccs1. The third kappa shape index (κ3) is 4.39. The van der Waals surface area contributed by atoms with Gasteiger partial charge >= 0.3 is 0 Å². The van der Waals surface area contributed by atoms with Crippen molar-refractivity contribution in [2.75, 3.05) is 11.9 Å². The zero-order valence-electron chi connectivity index (χ0n) is 9.97. The Kier molecular flexibility index (Phi) is 4.94. The second-order valence-corrected chi connectivity index (χ2v) is 5.03. The highest BCUT2D eigenvalue weighted by Crippen LogP contribution is 2.19. The number of nitrogens with zero attached hydrogens (tertiary/aromatic N) is 1. The molecule has 2 rings (SSSR count). The van der Waals surface area contributed by atoms with Crippen molar-refractivity contribution in [2.24, 2.45) is 5.10 Å². The van der Waals surface area contributed by atoms with Gasteiger partial charge in [-0.3, -0.25) is 4.79 Å². The number of hydrogen-bond acceptors (Lipinski definition) is 4. The summed E-state index contributed by atoms with van der Waals surface area (Å²) in [5, 5.41) is 9.33. The summed E-state index contributed by atoms with van der Waals surface area (Å²) in [6, 6.07) is 11.1. The van der Waals surface area contributed by atoms with Crippen LogP contribution < -0.4 is 10.7 Å². The molecule has 98 valence electrons. The standard InChI is InChI=1S/C13H12ClN3OS/c14-11-5-1-2-6-12(11)15-9-13(18)17-16-8-10-4-3-7-19-10/h1-8,15H,9H2,(H,17,18)/b16-8-. The molecule has 0 fully saturated rings. The predicted octanol–water partition coefficient (Wildman–Crippen LogP) is 2.96. The van der Waals surface area contributed by atoms with Gasteiger partial charge in [-0.05, 0) is 23.6 Å². The minimum Gasteiger partial charge on any atom is -0.375 e. The van der Waals surface area contributed by atoms with E-state index in [4.69, 9.17) is 11.6 Å². The molecule has 0 atom stereocenters. The molecule has 0 bridgehead atoms. The van der Waals surface area contributed by atoms with E-state index in [0.717, 1.165) is 10.6 Å². The summed E-state index contributed by atoms with van der Waals surface area (Å²) in [7, 11) is 0. The maximum absolute atomic E-state index is 11.5. The number of amides is 1. The van der Waals surface area contributed by atoms with Gasteiger partial charge in [0.05, 0.1) is 23.5 Å². The summed E-state index contributed by atoms with van der Waals surface area (Å²) < 4.78 is 0. The number of rotatable bonds is 5. The molecule has 0 saturated carbocycles. The van der Waals surface area contributed by atoms with E-state index in [9.17, 15) is 4.79 Å². The van der Waals surface area contributed by atoms with Crippen molar-refractivity contribution >= 4 is 40.7 Å². The van der Waals surface area contributed by atoms with Gasteiger partial charge in [0.15, 0.2) is 0 Å². The van der Waals surface area contributed by atoms with Crippen LogP contribution in [0.25, 0.3) is 0 Å². The quantitative estimate of drug-likeness (QED) is 0.658. The van der Waals surface area contributed by atoms with Crippen molar-refractivity contribution in [3.05, 3.63) is 51.7 Å². The zero-order valence-corrected chi connectivity index (χ0v) is 11.5. The highest BCUT2D eigenvalue weighted by molar-refractivity contribution is 7.11. The van der Waals surface area contributed by atoms with Crippen molar-refractivity contribution in [3.63, 3.8) is 0 Å². The van der Waals surface area contributed by atoms with Gasteiger partial charge in [0.2, 0.25) is 0 Å². The van der Waals surface area contributed by atoms with E-state index in [1.165, 1.54) is 0 Å². The lowest BCUT2D eigenvalue weighted by atomic mass is 10.3. The number of hydrogen-bond donors (Lipinski definition) is 2. The Bertz CT molecular complexity index is 569. The molecule has 4 nitrogen and oxygen atoms in total. The lowest BCUT2D eigenvalue weighted by molar-refractivity contribution is -0.119. The second-order valence-electron chi connectivity index (χ2n) is 3.64. The Morgan fingerprint density at radius 2 is 2.16 bits per heavy atom. The largest absolute Gasteiger partial charge is 0.375 e. The Balaban J connectivity index is 1.78. The van der Waals surface area contributed by atoms with Crippen molar-refractivity contribution in [2.45, 2.75) is 0 Å². The zero-order chi connectivity index (χ0) is 13.5. The number of carbonyl (C=O) groups is 1. The molecule has 2 N–H and O–H groups in total. The minimum absolute atomic E-state index is 0.117. The van der Waals surface area contributed by atoms with Crippen molar-refractivity contribution in [1.82, 2.24) is 5.43 Å². The number of halogens is 1. The van der Waals surface area contributed by atoms with Gasteiger partial charge in [-0.25, -0.2) is 5.43 Å². The van der Waals surface area contributed by atoms with Crippen LogP contribution in [0.3, 0.4) is 0 Å². The van der Waals surface area contributed by atoms with Gasteiger partial charge in [0, 0.05) is 4.88 Å². The number of anilines is 1. The van der Waals surface area contributed by atoms with Gasteiger partial charge in [0.1, 0.15) is 0 Å². The first-order chi connectivity index (χ1) is 9.25. The van der Waals surface area contributed by atoms with E-state index in [2.05, 4.69) is 15.8 Å². The van der Waals surface area contributed by atoms with Crippen LogP contribution in [0.5, 0.6) is 0 Å². The maximum atomic E-state index is 11.5. The van der Waals surface area contributed by atoms with E-state index in [0.29, 0.717) is 5.02 Å². The third-order valence-corrected chi connectivity index (χ3v) is 3.37. The molecular weight excluding hydrogens is 282 g/mol. The number of benzene rings is 1. The van der Waals surface area contributed by atoms with Crippen molar-refractivity contribution in [3.8, 4) is 0 Å². The number of para-hydroxylation sites is 1. The average molecular weight is 294 g/mol. The molecule has 6 heteroatoms. The molecule has 1 aromatic heterocycles. The van der Waals surface area contributed by atoms with E-state index in [-0.39, 0.29) is 12.5 Å². The highest BCUT2D eigenvalue weighted by atomic mass is 35.5. The molecule has 0 saturated heterocycles. The van der Waals surface area contributed by atoms with E-state index >= 15 is 0 Å². The van der Waals surface area contributed by atoms with Crippen LogP contribution in [0.1, 0.15) is 4.88 Å². The van der Waals surface area contributed by atoms with Gasteiger partial charge < -0.3 is 5.32 Å². The number of hydrazone groups is 1. The lowest BCUT2D eigenvalue weighted by Crippen LogP contribution is -2.25. The molecule has 0 aliphatic rings.